The van der Waals surface area contributed by atoms with Crippen molar-refractivity contribution in [3.63, 3.8) is 0 Å². The van der Waals surface area contributed by atoms with E-state index in [2.05, 4.69) is 6.58 Å². The maximum Gasteiger partial charge on any atom is 0.260 e. The Kier molecular flexibility index (Phi) is 5.65. The lowest BCUT2D eigenvalue weighted by molar-refractivity contribution is -0.125. The van der Waals surface area contributed by atoms with E-state index in [1.807, 2.05) is 19.9 Å². The molecule has 0 aromatic heterocycles. The van der Waals surface area contributed by atoms with E-state index >= 15 is 0 Å². The summed E-state index contributed by atoms with van der Waals surface area (Å²) in [5.41, 5.74) is 6.74. The standard InChI is InChI=1S/C16H22N2O2/c1-11(2)10-14(17)16(20)18(15(19)12(3)4)13-8-6-5-7-9-13/h5-9,11,14H,3,10,17H2,1-2,4H3/t14-/m0/s1. The first-order valence-electron chi connectivity index (χ1n) is 6.69. The summed E-state index contributed by atoms with van der Waals surface area (Å²) in [6, 6.07) is 8.09. The summed E-state index contributed by atoms with van der Waals surface area (Å²) in [7, 11) is 0. The molecule has 0 heterocycles. The number of amides is 2. The van der Waals surface area contributed by atoms with Gasteiger partial charge in [0.25, 0.3) is 11.8 Å². The van der Waals surface area contributed by atoms with E-state index in [1.165, 1.54) is 0 Å². The molecule has 2 N–H and O–H groups in total. The molecule has 0 saturated heterocycles. The van der Waals surface area contributed by atoms with Crippen molar-refractivity contribution in [1.82, 2.24) is 0 Å². The number of benzene rings is 1. The molecule has 0 aliphatic carbocycles. The van der Waals surface area contributed by atoms with Gasteiger partial charge in [-0.3, -0.25) is 9.59 Å². The van der Waals surface area contributed by atoms with Gasteiger partial charge in [-0.15, -0.1) is 0 Å². The minimum absolute atomic E-state index is 0.284. The number of imide groups is 1. The second-order valence-corrected chi connectivity index (χ2v) is 5.33. The molecular formula is C16H22N2O2. The molecule has 1 aromatic carbocycles. The predicted molar refractivity (Wildman–Crippen MR) is 81.2 cm³/mol. The molecule has 108 valence electrons. The van der Waals surface area contributed by atoms with Crippen LogP contribution in [0.3, 0.4) is 0 Å². The second-order valence-electron chi connectivity index (χ2n) is 5.33. The summed E-state index contributed by atoms with van der Waals surface area (Å²) in [5, 5.41) is 0. The Hall–Kier alpha value is -1.94. The molecule has 0 fully saturated rings. The minimum Gasteiger partial charge on any atom is -0.320 e. The van der Waals surface area contributed by atoms with Crippen LogP contribution in [-0.4, -0.2) is 17.9 Å². The molecule has 0 radical (unpaired) electrons. The van der Waals surface area contributed by atoms with Crippen LogP contribution in [0.25, 0.3) is 0 Å². The van der Waals surface area contributed by atoms with Gasteiger partial charge in [0.05, 0.1) is 11.7 Å². The molecule has 4 heteroatoms. The van der Waals surface area contributed by atoms with Crippen LogP contribution in [0.15, 0.2) is 42.5 Å². The van der Waals surface area contributed by atoms with E-state index in [4.69, 9.17) is 5.73 Å². The first-order chi connectivity index (χ1) is 9.34. The molecule has 0 aliphatic rings. The highest BCUT2D eigenvalue weighted by Crippen LogP contribution is 2.18. The molecule has 0 spiro atoms. The molecule has 0 aliphatic heterocycles. The minimum atomic E-state index is -0.696. The van der Waals surface area contributed by atoms with E-state index in [0.717, 1.165) is 4.90 Å². The SMILES string of the molecule is C=C(C)C(=O)N(C(=O)[C@@H](N)CC(C)C)c1ccccc1. The number of nitrogens with two attached hydrogens (primary N) is 1. The number of anilines is 1. The molecular weight excluding hydrogens is 252 g/mol. The van der Waals surface area contributed by atoms with Gasteiger partial charge in [-0.1, -0.05) is 38.6 Å². The third-order valence-corrected chi connectivity index (χ3v) is 2.85. The van der Waals surface area contributed by atoms with Crippen molar-refractivity contribution in [3.8, 4) is 0 Å². The zero-order valence-electron chi connectivity index (χ0n) is 12.3. The van der Waals surface area contributed by atoms with Gasteiger partial charge in [0.2, 0.25) is 0 Å². The lowest BCUT2D eigenvalue weighted by Crippen LogP contribution is -2.47. The number of rotatable bonds is 5. The summed E-state index contributed by atoms with van der Waals surface area (Å²) < 4.78 is 0. The third kappa shape index (κ3) is 4.03. The molecule has 0 unspecified atom stereocenters. The zero-order chi connectivity index (χ0) is 15.3. The average Bonchev–Trinajstić information content (AvgIpc) is 2.39. The Bertz CT molecular complexity index is 494. The lowest BCUT2D eigenvalue weighted by Gasteiger charge is -2.25. The Morgan fingerprint density at radius 3 is 2.25 bits per heavy atom. The number of carbonyl (C=O) groups is 2. The van der Waals surface area contributed by atoms with Crippen LogP contribution in [-0.2, 0) is 9.59 Å². The maximum absolute atomic E-state index is 12.5. The second kappa shape index (κ2) is 7.01. The number of carbonyl (C=O) groups excluding carboxylic acids is 2. The lowest BCUT2D eigenvalue weighted by atomic mass is 10.0. The monoisotopic (exact) mass is 274 g/mol. The van der Waals surface area contributed by atoms with Crippen molar-refractivity contribution in [2.75, 3.05) is 4.90 Å². The predicted octanol–water partition coefficient (Wildman–Crippen LogP) is 2.50. The highest BCUT2D eigenvalue weighted by molar-refractivity contribution is 6.21. The Labute approximate surface area is 120 Å². The van der Waals surface area contributed by atoms with Crippen LogP contribution in [0, 0.1) is 5.92 Å². The van der Waals surface area contributed by atoms with Crippen LogP contribution in [0.1, 0.15) is 27.2 Å². The molecule has 2 amide bonds. The van der Waals surface area contributed by atoms with Crippen molar-refractivity contribution < 1.29 is 9.59 Å². The van der Waals surface area contributed by atoms with Crippen LogP contribution in [0.2, 0.25) is 0 Å². The fraction of sp³-hybridized carbons (Fsp3) is 0.375. The van der Waals surface area contributed by atoms with Crippen molar-refractivity contribution in [1.29, 1.82) is 0 Å². The average molecular weight is 274 g/mol. The van der Waals surface area contributed by atoms with Crippen molar-refractivity contribution in [3.05, 3.63) is 42.5 Å². The molecule has 4 nitrogen and oxygen atoms in total. The summed E-state index contributed by atoms with van der Waals surface area (Å²) >= 11 is 0. The van der Waals surface area contributed by atoms with Crippen LogP contribution in [0.4, 0.5) is 5.69 Å². The topological polar surface area (TPSA) is 63.4 Å². The van der Waals surface area contributed by atoms with Crippen LogP contribution in [0.5, 0.6) is 0 Å². The summed E-state index contributed by atoms with van der Waals surface area (Å²) in [4.78, 5) is 25.8. The van der Waals surface area contributed by atoms with E-state index in [0.29, 0.717) is 17.7 Å². The summed E-state index contributed by atoms with van der Waals surface area (Å²) in [5.74, 6) is -0.523. The highest BCUT2D eigenvalue weighted by atomic mass is 16.2. The molecule has 1 atom stereocenters. The Morgan fingerprint density at radius 2 is 1.80 bits per heavy atom. The first-order valence-corrected chi connectivity index (χ1v) is 6.69. The number of para-hydroxylation sites is 1. The quantitative estimate of drug-likeness (QED) is 0.839. The van der Waals surface area contributed by atoms with E-state index in [9.17, 15) is 9.59 Å². The summed E-state index contributed by atoms with van der Waals surface area (Å²) in [6.07, 6.45) is 0.533. The highest BCUT2D eigenvalue weighted by Gasteiger charge is 2.28. The fourth-order valence-corrected chi connectivity index (χ4v) is 1.89. The third-order valence-electron chi connectivity index (χ3n) is 2.85. The molecule has 1 rings (SSSR count). The van der Waals surface area contributed by atoms with Gasteiger partial charge >= 0.3 is 0 Å². The van der Waals surface area contributed by atoms with E-state index < -0.39 is 17.9 Å². The van der Waals surface area contributed by atoms with Gasteiger partial charge in [-0.05, 0) is 31.4 Å². The van der Waals surface area contributed by atoms with Crippen molar-refractivity contribution >= 4 is 17.5 Å². The number of nitrogens with zero attached hydrogens (tertiary/aromatic N) is 1. The van der Waals surface area contributed by atoms with Crippen LogP contribution >= 0.6 is 0 Å². The van der Waals surface area contributed by atoms with Gasteiger partial charge in [-0.25, -0.2) is 4.90 Å². The maximum atomic E-state index is 12.5. The zero-order valence-corrected chi connectivity index (χ0v) is 12.3. The fourth-order valence-electron chi connectivity index (χ4n) is 1.89. The summed E-state index contributed by atoms with van der Waals surface area (Å²) in [6.45, 7) is 9.18. The molecule has 20 heavy (non-hydrogen) atoms. The number of hydrogen-bond acceptors (Lipinski definition) is 3. The van der Waals surface area contributed by atoms with Gasteiger partial charge in [0, 0.05) is 5.57 Å². The van der Waals surface area contributed by atoms with Gasteiger partial charge in [-0.2, -0.15) is 0 Å². The van der Waals surface area contributed by atoms with Crippen LogP contribution < -0.4 is 10.6 Å². The molecule has 0 bridgehead atoms. The Balaban J connectivity index is 3.09. The first kappa shape index (κ1) is 16.1. The van der Waals surface area contributed by atoms with Gasteiger partial charge < -0.3 is 5.73 Å². The van der Waals surface area contributed by atoms with E-state index in [-0.39, 0.29) is 5.92 Å². The van der Waals surface area contributed by atoms with E-state index in [1.54, 1.807) is 31.2 Å². The normalized spacial score (nSPS) is 12.1. The smallest absolute Gasteiger partial charge is 0.260 e. The number of hydrogen-bond donors (Lipinski definition) is 1. The Morgan fingerprint density at radius 1 is 1.25 bits per heavy atom. The van der Waals surface area contributed by atoms with Gasteiger partial charge in [0.1, 0.15) is 0 Å². The van der Waals surface area contributed by atoms with Gasteiger partial charge in [0.15, 0.2) is 0 Å². The largest absolute Gasteiger partial charge is 0.320 e. The van der Waals surface area contributed by atoms with Crippen molar-refractivity contribution in [2.24, 2.45) is 11.7 Å². The molecule has 1 aromatic rings. The molecule has 0 saturated carbocycles. The van der Waals surface area contributed by atoms with Crippen molar-refractivity contribution in [2.45, 2.75) is 33.2 Å².